The Labute approximate surface area is 124 Å². The summed E-state index contributed by atoms with van der Waals surface area (Å²) < 4.78 is 5.86. The lowest BCUT2D eigenvalue weighted by molar-refractivity contribution is 0.103. The summed E-state index contributed by atoms with van der Waals surface area (Å²) in [5.41, 5.74) is 2.15. The molecule has 0 aliphatic carbocycles. The summed E-state index contributed by atoms with van der Waals surface area (Å²) in [6, 6.07) is 15.0. The number of methoxy groups -OCH3 is 1. The summed E-state index contributed by atoms with van der Waals surface area (Å²) in [5, 5.41) is 1.03. The van der Waals surface area contributed by atoms with Gasteiger partial charge in [-0.1, -0.05) is 18.2 Å². The SMILES string of the molecule is COc1ccc(C(=O)c2cc3ccccc3[nH]2)c(Br)c1. The second-order valence-corrected chi connectivity index (χ2v) is 5.30. The lowest BCUT2D eigenvalue weighted by Crippen LogP contribution is -2.02. The quantitative estimate of drug-likeness (QED) is 0.733. The number of carbonyl (C=O) groups excluding carboxylic acids is 1. The lowest BCUT2D eigenvalue weighted by atomic mass is 10.1. The topological polar surface area (TPSA) is 42.1 Å². The van der Waals surface area contributed by atoms with Crippen molar-refractivity contribution in [2.75, 3.05) is 7.11 Å². The molecule has 0 aliphatic rings. The minimum atomic E-state index is -0.0456. The maximum atomic E-state index is 12.5. The number of hydrogen-bond acceptors (Lipinski definition) is 2. The molecule has 0 atom stereocenters. The number of aromatic nitrogens is 1. The van der Waals surface area contributed by atoms with Crippen LogP contribution in [0, 0.1) is 0 Å². The van der Waals surface area contributed by atoms with E-state index in [0.29, 0.717) is 17.0 Å². The van der Waals surface area contributed by atoms with E-state index >= 15 is 0 Å². The molecule has 4 heteroatoms. The molecule has 0 spiro atoms. The van der Waals surface area contributed by atoms with Crippen LogP contribution in [0.1, 0.15) is 16.1 Å². The van der Waals surface area contributed by atoms with Crippen LogP contribution in [-0.4, -0.2) is 17.9 Å². The maximum Gasteiger partial charge on any atom is 0.210 e. The summed E-state index contributed by atoms with van der Waals surface area (Å²) in [5.74, 6) is 0.667. The fraction of sp³-hybridized carbons (Fsp3) is 0.0625. The van der Waals surface area contributed by atoms with E-state index in [4.69, 9.17) is 4.74 Å². The molecule has 2 aromatic carbocycles. The highest BCUT2D eigenvalue weighted by molar-refractivity contribution is 9.10. The fourth-order valence-electron chi connectivity index (χ4n) is 2.15. The Kier molecular flexibility index (Phi) is 3.32. The van der Waals surface area contributed by atoms with Crippen LogP contribution in [-0.2, 0) is 0 Å². The second-order valence-electron chi connectivity index (χ2n) is 4.45. The number of aromatic amines is 1. The molecule has 0 saturated carbocycles. The summed E-state index contributed by atoms with van der Waals surface area (Å²) in [6.07, 6.45) is 0. The van der Waals surface area contributed by atoms with Gasteiger partial charge in [-0.15, -0.1) is 0 Å². The number of carbonyl (C=O) groups is 1. The van der Waals surface area contributed by atoms with Gasteiger partial charge in [0.05, 0.1) is 12.8 Å². The van der Waals surface area contributed by atoms with Crippen molar-refractivity contribution in [3.63, 3.8) is 0 Å². The molecule has 20 heavy (non-hydrogen) atoms. The van der Waals surface area contributed by atoms with Gasteiger partial charge >= 0.3 is 0 Å². The van der Waals surface area contributed by atoms with E-state index in [1.54, 1.807) is 25.3 Å². The van der Waals surface area contributed by atoms with Gasteiger partial charge in [0.2, 0.25) is 5.78 Å². The van der Waals surface area contributed by atoms with Crippen LogP contribution in [0.15, 0.2) is 53.0 Å². The van der Waals surface area contributed by atoms with E-state index in [1.807, 2.05) is 30.3 Å². The summed E-state index contributed by atoms with van der Waals surface area (Å²) >= 11 is 3.41. The van der Waals surface area contributed by atoms with Crippen molar-refractivity contribution in [3.05, 3.63) is 64.3 Å². The number of H-pyrrole nitrogens is 1. The highest BCUT2D eigenvalue weighted by Gasteiger charge is 2.15. The molecule has 1 heterocycles. The normalized spacial score (nSPS) is 10.7. The van der Waals surface area contributed by atoms with E-state index < -0.39 is 0 Å². The van der Waals surface area contributed by atoms with Gasteiger partial charge in [0.25, 0.3) is 0 Å². The Bertz CT molecular complexity index is 759. The van der Waals surface area contributed by atoms with Crippen LogP contribution in [0.3, 0.4) is 0 Å². The van der Waals surface area contributed by atoms with Crippen LogP contribution in [0.2, 0.25) is 0 Å². The predicted octanol–water partition coefficient (Wildman–Crippen LogP) is 4.17. The number of rotatable bonds is 3. The number of benzene rings is 2. The van der Waals surface area contributed by atoms with Crippen LogP contribution in [0.5, 0.6) is 5.75 Å². The van der Waals surface area contributed by atoms with Gasteiger partial charge in [-0.3, -0.25) is 4.79 Å². The average molecular weight is 330 g/mol. The molecule has 0 unspecified atom stereocenters. The number of ketones is 1. The first-order valence-corrected chi connectivity index (χ1v) is 6.94. The number of para-hydroxylation sites is 1. The van der Waals surface area contributed by atoms with Crippen molar-refractivity contribution < 1.29 is 9.53 Å². The zero-order valence-electron chi connectivity index (χ0n) is 10.8. The molecule has 0 bridgehead atoms. The highest BCUT2D eigenvalue weighted by atomic mass is 79.9. The zero-order valence-corrected chi connectivity index (χ0v) is 12.4. The smallest absolute Gasteiger partial charge is 0.210 e. The number of nitrogens with one attached hydrogen (secondary N) is 1. The number of hydrogen-bond donors (Lipinski definition) is 1. The van der Waals surface area contributed by atoms with Crippen molar-refractivity contribution in [3.8, 4) is 5.75 Å². The van der Waals surface area contributed by atoms with Crippen molar-refractivity contribution in [1.29, 1.82) is 0 Å². The van der Waals surface area contributed by atoms with E-state index in [9.17, 15) is 4.79 Å². The first-order chi connectivity index (χ1) is 9.69. The summed E-state index contributed by atoms with van der Waals surface area (Å²) in [7, 11) is 1.60. The monoisotopic (exact) mass is 329 g/mol. The molecule has 0 radical (unpaired) electrons. The van der Waals surface area contributed by atoms with E-state index in [1.165, 1.54) is 0 Å². The van der Waals surface area contributed by atoms with Crippen LogP contribution in [0.4, 0.5) is 0 Å². The summed E-state index contributed by atoms with van der Waals surface area (Å²) in [6.45, 7) is 0. The van der Waals surface area contributed by atoms with E-state index in [-0.39, 0.29) is 5.78 Å². The van der Waals surface area contributed by atoms with Crippen molar-refractivity contribution in [1.82, 2.24) is 4.98 Å². The zero-order chi connectivity index (χ0) is 14.1. The largest absolute Gasteiger partial charge is 0.497 e. The fourth-order valence-corrected chi connectivity index (χ4v) is 2.69. The lowest BCUT2D eigenvalue weighted by Gasteiger charge is -2.05. The predicted molar refractivity (Wildman–Crippen MR) is 82.4 cm³/mol. The van der Waals surface area contributed by atoms with E-state index in [0.717, 1.165) is 15.4 Å². The molecule has 100 valence electrons. The minimum absolute atomic E-state index is 0.0456. The molecule has 0 amide bonds. The minimum Gasteiger partial charge on any atom is -0.497 e. The van der Waals surface area contributed by atoms with E-state index in [2.05, 4.69) is 20.9 Å². The van der Waals surface area contributed by atoms with Crippen molar-refractivity contribution in [2.24, 2.45) is 0 Å². The number of halogens is 1. The number of fused-ring (bicyclic) bond motifs is 1. The molecule has 3 rings (SSSR count). The van der Waals surface area contributed by atoms with Crippen LogP contribution < -0.4 is 4.74 Å². The second kappa shape index (κ2) is 5.13. The van der Waals surface area contributed by atoms with Gasteiger partial charge in [0, 0.05) is 20.9 Å². The molecule has 1 N–H and O–H groups in total. The van der Waals surface area contributed by atoms with Crippen molar-refractivity contribution >= 4 is 32.6 Å². The molecule has 0 fully saturated rings. The van der Waals surface area contributed by atoms with Gasteiger partial charge in [-0.05, 0) is 46.3 Å². The average Bonchev–Trinajstić information content (AvgIpc) is 2.90. The number of ether oxygens (including phenoxy) is 1. The Morgan fingerprint density at radius 3 is 2.65 bits per heavy atom. The summed E-state index contributed by atoms with van der Waals surface area (Å²) in [4.78, 5) is 15.7. The Balaban J connectivity index is 2.03. The van der Waals surface area contributed by atoms with Gasteiger partial charge < -0.3 is 9.72 Å². The third kappa shape index (κ3) is 2.23. The Morgan fingerprint density at radius 1 is 1.15 bits per heavy atom. The molecule has 3 nitrogen and oxygen atoms in total. The van der Waals surface area contributed by atoms with Crippen molar-refractivity contribution in [2.45, 2.75) is 0 Å². The maximum absolute atomic E-state index is 12.5. The molecular formula is C16H12BrNO2. The molecule has 0 saturated heterocycles. The highest BCUT2D eigenvalue weighted by Crippen LogP contribution is 2.26. The Morgan fingerprint density at radius 2 is 1.95 bits per heavy atom. The third-order valence-electron chi connectivity index (χ3n) is 3.20. The Hall–Kier alpha value is -2.07. The molecule has 0 aliphatic heterocycles. The van der Waals surface area contributed by atoms with Crippen LogP contribution in [0.25, 0.3) is 10.9 Å². The van der Waals surface area contributed by atoms with Gasteiger partial charge in [0.15, 0.2) is 0 Å². The molecular weight excluding hydrogens is 318 g/mol. The van der Waals surface area contributed by atoms with Gasteiger partial charge in [0.1, 0.15) is 5.75 Å². The van der Waals surface area contributed by atoms with Crippen LogP contribution >= 0.6 is 15.9 Å². The first-order valence-electron chi connectivity index (χ1n) is 6.15. The first kappa shape index (κ1) is 12.9. The molecule has 3 aromatic rings. The molecule has 1 aromatic heterocycles. The standard InChI is InChI=1S/C16H12BrNO2/c1-20-11-6-7-12(13(17)9-11)16(19)15-8-10-4-2-3-5-14(10)18-15/h2-9,18H,1H3. The third-order valence-corrected chi connectivity index (χ3v) is 3.85. The van der Waals surface area contributed by atoms with Gasteiger partial charge in [-0.2, -0.15) is 0 Å². The van der Waals surface area contributed by atoms with Gasteiger partial charge in [-0.25, -0.2) is 0 Å².